The Bertz CT molecular complexity index is 561. The van der Waals surface area contributed by atoms with Gasteiger partial charge in [0.05, 0.1) is 12.7 Å². The molecule has 98 valence electrons. The van der Waals surface area contributed by atoms with Crippen LogP contribution in [0.1, 0.15) is 22.8 Å². The molecule has 3 nitrogen and oxygen atoms in total. The second-order valence-corrected chi connectivity index (χ2v) is 4.08. The van der Waals surface area contributed by atoms with Crippen LogP contribution in [-0.4, -0.2) is 13.1 Å². The lowest BCUT2D eigenvalue weighted by Crippen LogP contribution is -2.08. The molecule has 0 fully saturated rings. The fourth-order valence-electron chi connectivity index (χ4n) is 1.83. The quantitative estimate of drug-likeness (QED) is 0.620. The summed E-state index contributed by atoms with van der Waals surface area (Å²) in [6.45, 7) is 2.03. The summed E-state index contributed by atoms with van der Waals surface area (Å²) < 4.78 is 10.6. The van der Waals surface area contributed by atoms with Gasteiger partial charge in [-0.2, -0.15) is 0 Å². The zero-order valence-corrected chi connectivity index (χ0v) is 11.1. The fourth-order valence-corrected chi connectivity index (χ4v) is 1.83. The smallest absolute Gasteiger partial charge is 0.343 e. The molecule has 0 aliphatic heterocycles. The van der Waals surface area contributed by atoms with Gasteiger partial charge in [0.2, 0.25) is 0 Å². The average Bonchev–Trinajstić information content (AvgIpc) is 2.48. The molecule has 0 saturated heterocycles. The van der Waals surface area contributed by atoms with E-state index in [2.05, 4.69) is 0 Å². The largest absolute Gasteiger partial charge is 0.496 e. The van der Waals surface area contributed by atoms with E-state index in [0.29, 0.717) is 11.3 Å². The Hall–Kier alpha value is -2.29. The van der Waals surface area contributed by atoms with Gasteiger partial charge < -0.3 is 9.47 Å². The predicted molar refractivity (Wildman–Crippen MR) is 73.8 cm³/mol. The van der Waals surface area contributed by atoms with Crippen molar-refractivity contribution in [2.24, 2.45) is 0 Å². The van der Waals surface area contributed by atoms with Crippen molar-refractivity contribution in [3.63, 3.8) is 0 Å². The maximum Gasteiger partial charge on any atom is 0.343 e. The van der Waals surface area contributed by atoms with Crippen LogP contribution in [0.3, 0.4) is 0 Å². The van der Waals surface area contributed by atoms with Crippen LogP contribution in [0.4, 0.5) is 0 Å². The lowest BCUT2D eigenvalue weighted by molar-refractivity contribution is 0.0734. The lowest BCUT2D eigenvalue weighted by Gasteiger charge is -2.09. The van der Waals surface area contributed by atoms with E-state index < -0.39 is 0 Å². The number of methoxy groups -OCH3 is 1. The first-order valence-corrected chi connectivity index (χ1v) is 6.18. The molecule has 0 aromatic heterocycles. The SMILES string of the molecule is CCc1cc(OC(=O)c2ccccc2)ccc1OC. The van der Waals surface area contributed by atoms with E-state index in [4.69, 9.17) is 9.47 Å². The maximum atomic E-state index is 11.9. The molecule has 2 aromatic carbocycles. The molecular formula is C16H16O3. The second kappa shape index (κ2) is 6.05. The normalized spacial score (nSPS) is 10.0. The number of carbonyl (C=O) groups is 1. The summed E-state index contributed by atoms with van der Waals surface area (Å²) in [5.74, 6) is 0.987. The van der Waals surface area contributed by atoms with Gasteiger partial charge in [-0.1, -0.05) is 25.1 Å². The molecule has 0 heterocycles. The molecule has 0 spiro atoms. The van der Waals surface area contributed by atoms with E-state index in [-0.39, 0.29) is 5.97 Å². The first-order chi connectivity index (χ1) is 9.24. The highest BCUT2D eigenvalue weighted by molar-refractivity contribution is 5.91. The van der Waals surface area contributed by atoms with Crippen molar-refractivity contribution in [3.8, 4) is 11.5 Å². The number of carbonyl (C=O) groups excluding carboxylic acids is 1. The third-order valence-corrected chi connectivity index (χ3v) is 2.85. The van der Waals surface area contributed by atoms with Crippen LogP contribution in [0.25, 0.3) is 0 Å². The summed E-state index contributed by atoms with van der Waals surface area (Å²) >= 11 is 0. The number of aryl methyl sites for hydroxylation is 1. The molecular weight excluding hydrogens is 240 g/mol. The van der Waals surface area contributed by atoms with Crippen molar-refractivity contribution in [2.45, 2.75) is 13.3 Å². The Morgan fingerprint density at radius 3 is 2.47 bits per heavy atom. The summed E-state index contributed by atoms with van der Waals surface area (Å²) in [4.78, 5) is 11.9. The summed E-state index contributed by atoms with van der Waals surface area (Å²) in [5.41, 5.74) is 1.55. The van der Waals surface area contributed by atoms with Crippen LogP contribution in [0.15, 0.2) is 48.5 Å². The van der Waals surface area contributed by atoms with Crippen LogP contribution in [-0.2, 0) is 6.42 Å². The Morgan fingerprint density at radius 2 is 1.84 bits per heavy atom. The van der Waals surface area contributed by atoms with Crippen molar-refractivity contribution in [2.75, 3.05) is 7.11 Å². The van der Waals surface area contributed by atoms with Crippen LogP contribution < -0.4 is 9.47 Å². The number of benzene rings is 2. The van der Waals surface area contributed by atoms with Gasteiger partial charge in [-0.25, -0.2) is 4.79 Å². The molecule has 0 N–H and O–H groups in total. The van der Waals surface area contributed by atoms with Crippen molar-refractivity contribution >= 4 is 5.97 Å². The van der Waals surface area contributed by atoms with Crippen molar-refractivity contribution < 1.29 is 14.3 Å². The highest BCUT2D eigenvalue weighted by atomic mass is 16.5. The molecule has 0 unspecified atom stereocenters. The maximum absolute atomic E-state index is 11.9. The van der Waals surface area contributed by atoms with Gasteiger partial charge in [0.25, 0.3) is 0 Å². The zero-order valence-electron chi connectivity index (χ0n) is 11.1. The van der Waals surface area contributed by atoms with Gasteiger partial charge in [0, 0.05) is 0 Å². The van der Waals surface area contributed by atoms with Gasteiger partial charge >= 0.3 is 5.97 Å². The summed E-state index contributed by atoms with van der Waals surface area (Å²) in [6.07, 6.45) is 0.819. The van der Waals surface area contributed by atoms with Crippen LogP contribution in [0.2, 0.25) is 0 Å². The third-order valence-electron chi connectivity index (χ3n) is 2.85. The molecule has 19 heavy (non-hydrogen) atoms. The van der Waals surface area contributed by atoms with Crippen molar-refractivity contribution in [1.82, 2.24) is 0 Å². The Labute approximate surface area is 112 Å². The van der Waals surface area contributed by atoms with Gasteiger partial charge in [-0.05, 0) is 42.3 Å². The number of hydrogen-bond acceptors (Lipinski definition) is 3. The van der Waals surface area contributed by atoms with Gasteiger partial charge in [-0.3, -0.25) is 0 Å². The molecule has 3 heteroatoms. The number of ether oxygens (including phenoxy) is 2. The summed E-state index contributed by atoms with van der Waals surface area (Å²) in [5, 5.41) is 0. The number of esters is 1. The molecule has 2 aromatic rings. The number of rotatable bonds is 4. The molecule has 0 bridgehead atoms. The monoisotopic (exact) mass is 256 g/mol. The Kier molecular flexibility index (Phi) is 4.18. The van der Waals surface area contributed by atoms with E-state index in [1.165, 1.54) is 0 Å². The van der Waals surface area contributed by atoms with E-state index in [0.717, 1.165) is 17.7 Å². The topological polar surface area (TPSA) is 35.5 Å². The molecule has 0 aliphatic rings. The van der Waals surface area contributed by atoms with Crippen LogP contribution >= 0.6 is 0 Å². The predicted octanol–water partition coefficient (Wildman–Crippen LogP) is 3.48. The van der Waals surface area contributed by atoms with Gasteiger partial charge in [-0.15, -0.1) is 0 Å². The van der Waals surface area contributed by atoms with E-state index >= 15 is 0 Å². The van der Waals surface area contributed by atoms with E-state index in [9.17, 15) is 4.79 Å². The van der Waals surface area contributed by atoms with Crippen LogP contribution in [0.5, 0.6) is 11.5 Å². The van der Waals surface area contributed by atoms with Crippen LogP contribution in [0, 0.1) is 0 Å². The third kappa shape index (κ3) is 3.13. The minimum Gasteiger partial charge on any atom is -0.496 e. The summed E-state index contributed by atoms with van der Waals surface area (Å²) in [7, 11) is 1.63. The first kappa shape index (κ1) is 13.1. The standard InChI is InChI=1S/C16H16O3/c1-3-12-11-14(9-10-15(12)18-2)19-16(17)13-7-5-4-6-8-13/h4-11H,3H2,1-2H3. The molecule has 0 amide bonds. The lowest BCUT2D eigenvalue weighted by atomic mass is 10.1. The zero-order chi connectivity index (χ0) is 13.7. The minimum absolute atomic E-state index is 0.354. The Balaban J connectivity index is 2.18. The highest BCUT2D eigenvalue weighted by Crippen LogP contribution is 2.25. The molecule has 0 atom stereocenters. The van der Waals surface area contributed by atoms with E-state index in [1.54, 1.807) is 25.3 Å². The van der Waals surface area contributed by atoms with Gasteiger partial charge in [0.15, 0.2) is 0 Å². The minimum atomic E-state index is -0.354. The first-order valence-electron chi connectivity index (χ1n) is 6.18. The molecule has 0 radical (unpaired) electrons. The Morgan fingerprint density at radius 1 is 1.11 bits per heavy atom. The van der Waals surface area contributed by atoms with Crippen molar-refractivity contribution in [1.29, 1.82) is 0 Å². The number of hydrogen-bond donors (Lipinski definition) is 0. The van der Waals surface area contributed by atoms with Crippen molar-refractivity contribution in [3.05, 3.63) is 59.7 Å². The van der Waals surface area contributed by atoms with Gasteiger partial charge in [0.1, 0.15) is 11.5 Å². The summed E-state index contributed by atoms with van der Waals surface area (Å²) in [6, 6.07) is 14.3. The molecule has 0 aliphatic carbocycles. The average molecular weight is 256 g/mol. The second-order valence-electron chi connectivity index (χ2n) is 4.08. The molecule has 0 saturated carbocycles. The molecule has 2 rings (SSSR count). The van der Waals surface area contributed by atoms with E-state index in [1.807, 2.05) is 37.3 Å². The fraction of sp³-hybridized carbons (Fsp3) is 0.188. The highest BCUT2D eigenvalue weighted by Gasteiger charge is 2.09.